The molecule has 1 amide bonds. The maximum atomic E-state index is 13.0. The van der Waals surface area contributed by atoms with Crippen LogP contribution in [0.15, 0.2) is 29.2 Å². The summed E-state index contributed by atoms with van der Waals surface area (Å²) in [5.74, 6) is -1.04. The van der Waals surface area contributed by atoms with Crippen molar-refractivity contribution >= 4 is 21.7 Å². The minimum absolute atomic E-state index is 0.0311. The van der Waals surface area contributed by atoms with Crippen LogP contribution in [-0.4, -0.2) is 47.6 Å². The molecule has 3 atom stereocenters. The second-order valence-corrected chi connectivity index (χ2v) is 10.0. The molecule has 0 aromatic heterocycles. The number of aliphatic carboxylic acids is 1. The summed E-state index contributed by atoms with van der Waals surface area (Å²) in [4.78, 5) is 26.4. The predicted molar refractivity (Wildman–Crippen MR) is 96.7 cm³/mol. The van der Waals surface area contributed by atoms with E-state index in [1.54, 1.807) is 13.8 Å². The zero-order chi connectivity index (χ0) is 19.1. The van der Waals surface area contributed by atoms with Crippen molar-refractivity contribution in [3.63, 3.8) is 0 Å². The van der Waals surface area contributed by atoms with E-state index in [1.165, 1.54) is 29.2 Å². The molecule has 2 fully saturated rings. The molecule has 0 radical (unpaired) electrons. The molecule has 1 aliphatic carbocycles. The van der Waals surface area contributed by atoms with Gasteiger partial charge < -0.3 is 10.0 Å². The molecule has 1 heterocycles. The van der Waals surface area contributed by atoms with Gasteiger partial charge in [-0.3, -0.25) is 4.79 Å². The second-order valence-electron chi connectivity index (χ2n) is 7.53. The van der Waals surface area contributed by atoms with Gasteiger partial charge in [-0.15, -0.1) is 0 Å². The fourth-order valence-electron chi connectivity index (χ4n) is 4.18. The first-order chi connectivity index (χ1) is 12.2. The van der Waals surface area contributed by atoms with Gasteiger partial charge in [0.05, 0.1) is 10.1 Å². The van der Waals surface area contributed by atoms with Crippen molar-refractivity contribution in [1.82, 2.24) is 4.90 Å². The second kappa shape index (κ2) is 7.02. The zero-order valence-electron chi connectivity index (χ0n) is 15.1. The number of benzene rings is 1. The Balaban J connectivity index is 1.89. The van der Waals surface area contributed by atoms with Crippen LogP contribution in [0.1, 0.15) is 56.3 Å². The summed E-state index contributed by atoms with van der Waals surface area (Å²) >= 11 is 0. The number of carboxylic acids is 1. The molecule has 1 N–H and O–H groups in total. The van der Waals surface area contributed by atoms with Crippen LogP contribution in [-0.2, 0) is 14.6 Å². The maximum absolute atomic E-state index is 13.0. The number of likely N-dealkylation sites (tertiary alicyclic amines) is 1. The standard InChI is InChI=1S/C19H25NO5S/c1-12(2)26(24,25)15-9-7-13(8-10-15)18(21)20-16-6-4-3-5-14(16)11-17(20)19(22)23/h7-10,12,14,16-17H,3-6,11H2,1-2H3,(H,22,23)/t14-,16+,17-/m0/s1. The highest BCUT2D eigenvalue weighted by atomic mass is 32.2. The van der Waals surface area contributed by atoms with Crippen LogP contribution in [0.25, 0.3) is 0 Å². The molecule has 2 aliphatic rings. The van der Waals surface area contributed by atoms with Crippen molar-refractivity contribution in [3.05, 3.63) is 29.8 Å². The van der Waals surface area contributed by atoms with Gasteiger partial charge in [-0.05, 0) is 63.3 Å². The van der Waals surface area contributed by atoms with Crippen LogP contribution in [0, 0.1) is 5.92 Å². The van der Waals surface area contributed by atoms with Gasteiger partial charge in [-0.1, -0.05) is 12.8 Å². The minimum atomic E-state index is -3.40. The summed E-state index contributed by atoms with van der Waals surface area (Å²) in [7, 11) is -3.40. The number of carbonyl (C=O) groups is 2. The van der Waals surface area contributed by atoms with Crippen LogP contribution < -0.4 is 0 Å². The Hall–Kier alpha value is -1.89. The highest BCUT2D eigenvalue weighted by Gasteiger charge is 2.47. The van der Waals surface area contributed by atoms with E-state index in [0.717, 1.165) is 25.7 Å². The highest BCUT2D eigenvalue weighted by molar-refractivity contribution is 7.92. The van der Waals surface area contributed by atoms with Crippen molar-refractivity contribution < 1.29 is 23.1 Å². The first-order valence-electron chi connectivity index (χ1n) is 9.13. The van der Waals surface area contributed by atoms with Gasteiger partial charge in [-0.2, -0.15) is 0 Å². The molecule has 7 heteroatoms. The van der Waals surface area contributed by atoms with Crippen LogP contribution >= 0.6 is 0 Å². The molecule has 0 bridgehead atoms. The number of amides is 1. The summed E-state index contributed by atoms with van der Waals surface area (Å²) < 4.78 is 24.5. The molecule has 0 spiro atoms. The van der Waals surface area contributed by atoms with E-state index in [2.05, 4.69) is 0 Å². The van der Waals surface area contributed by atoms with Crippen molar-refractivity contribution in [2.45, 2.75) is 68.2 Å². The number of sulfone groups is 1. The van der Waals surface area contributed by atoms with Crippen LogP contribution in [0.3, 0.4) is 0 Å². The molecule has 142 valence electrons. The third-order valence-corrected chi connectivity index (χ3v) is 7.83. The van der Waals surface area contributed by atoms with Gasteiger partial charge in [0.1, 0.15) is 6.04 Å². The zero-order valence-corrected chi connectivity index (χ0v) is 15.9. The Kier molecular flexibility index (Phi) is 5.10. The molecule has 1 aromatic carbocycles. The largest absolute Gasteiger partial charge is 0.480 e. The molecule has 1 saturated carbocycles. The lowest BCUT2D eigenvalue weighted by Crippen LogP contribution is -2.46. The Morgan fingerprint density at radius 2 is 1.73 bits per heavy atom. The van der Waals surface area contributed by atoms with E-state index in [-0.39, 0.29) is 22.8 Å². The SMILES string of the molecule is CC(C)S(=O)(=O)c1ccc(C(=O)N2[C@@H]3CCCC[C@H]3C[C@H]2C(=O)O)cc1. The lowest BCUT2D eigenvalue weighted by Gasteiger charge is -2.33. The molecule has 3 rings (SSSR count). The molecule has 0 unspecified atom stereocenters. The van der Waals surface area contributed by atoms with Gasteiger partial charge in [0.2, 0.25) is 0 Å². The Morgan fingerprint density at radius 1 is 1.12 bits per heavy atom. The van der Waals surface area contributed by atoms with E-state index in [4.69, 9.17) is 0 Å². The number of carboxylic acid groups (broad SMARTS) is 1. The maximum Gasteiger partial charge on any atom is 0.326 e. The van der Waals surface area contributed by atoms with Gasteiger partial charge in [0.25, 0.3) is 5.91 Å². The number of rotatable bonds is 4. The number of nitrogens with zero attached hydrogens (tertiary/aromatic N) is 1. The Bertz CT molecular complexity index is 800. The smallest absolute Gasteiger partial charge is 0.326 e. The first kappa shape index (κ1) is 18.9. The third-order valence-electron chi connectivity index (χ3n) is 5.66. The average molecular weight is 379 g/mol. The number of hydrogen-bond donors (Lipinski definition) is 1. The van der Waals surface area contributed by atoms with Crippen molar-refractivity contribution in [2.24, 2.45) is 5.92 Å². The van der Waals surface area contributed by atoms with Crippen molar-refractivity contribution in [2.75, 3.05) is 0 Å². The summed E-state index contributed by atoms with van der Waals surface area (Å²) in [6.07, 6.45) is 4.38. The lowest BCUT2D eigenvalue weighted by molar-refractivity contribution is -0.141. The topological polar surface area (TPSA) is 91.8 Å². The summed E-state index contributed by atoms with van der Waals surface area (Å²) in [6, 6.07) is 5.03. The van der Waals surface area contributed by atoms with Crippen molar-refractivity contribution in [1.29, 1.82) is 0 Å². The molecule has 1 saturated heterocycles. The van der Waals surface area contributed by atoms with Crippen LogP contribution in [0.4, 0.5) is 0 Å². The van der Waals surface area contributed by atoms with Gasteiger partial charge in [0.15, 0.2) is 9.84 Å². The number of carbonyl (C=O) groups excluding carboxylic acids is 1. The van der Waals surface area contributed by atoms with E-state index in [1.807, 2.05) is 0 Å². The average Bonchev–Trinajstić information content (AvgIpc) is 3.01. The molecular weight excluding hydrogens is 354 g/mol. The fourth-order valence-corrected chi connectivity index (χ4v) is 5.24. The quantitative estimate of drug-likeness (QED) is 0.868. The number of hydrogen-bond acceptors (Lipinski definition) is 4. The van der Waals surface area contributed by atoms with Gasteiger partial charge in [-0.25, -0.2) is 13.2 Å². The van der Waals surface area contributed by atoms with Crippen molar-refractivity contribution in [3.8, 4) is 0 Å². The first-order valence-corrected chi connectivity index (χ1v) is 10.7. The van der Waals surface area contributed by atoms with Gasteiger partial charge in [0, 0.05) is 11.6 Å². The molecule has 6 nitrogen and oxygen atoms in total. The summed E-state index contributed by atoms with van der Waals surface area (Å²) in [5.41, 5.74) is 0.338. The van der Waals surface area contributed by atoms with E-state index in [0.29, 0.717) is 12.0 Å². The normalized spacial score (nSPS) is 26.0. The molecule has 1 aliphatic heterocycles. The monoisotopic (exact) mass is 379 g/mol. The van der Waals surface area contributed by atoms with Gasteiger partial charge >= 0.3 is 5.97 Å². The summed E-state index contributed by atoms with van der Waals surface area (Å²) in [5, 5.41) is 9.03. The van der Waals surface area contributed by atoms with E-state index in [9.17, 15) is 23.1 Å². The third kappa shape index (κ3) is 3.24. The highest BCUT2D eigenvalue weighted by Crippen LogP contribution is 2.40. The minimum Gasteiger partial charge on any atom is -0.480 e. The molecule has 1 aromatic rings. The Labute approximate surface area is 154 Å². The molecular formula is C19H25NO5S. The predicted octanol–water partition coefficient (Wildman–Crippen LogP) is 2.73. The number of fused-ring (bicyclic) bond motifs is 1. The van der Waals surface area contributed by atoms with Crippen LogP contribution in [0.2, 0.25) is 0 Å². The fraction of sp³-hybridized carbons (Fsp3) is 0.579. The molecule has 26 heavy (non-hydrogen) atoms. The van der Waals surface area contributed by atoms with E-state index >= 15 is 0 Å². The lowest BCUT2D eigenvalue weighted by atomic mass is 9.84. The van der Waals surface area contributed by atoms with Crippen LogP contribution in [0.5, 0.6) is 0 Å². The Morgan fingerprint density at radius 3 is 2.31 bits per heavy atom. The van der Waals surface area contributed by atoms with E-state index < -0.39 is 27.1 Å². The summed E-state index contributed by atoms with van der Waals surface area (Å²) in [6.45, 7) is 3.22.